The number of nitrogens with one attached hydrogen (secondary N) is 1. The van der Waals surface area contributed by atoms with E-state index in [2.05, 4.69) is 12.2 Å². The number of hydrogen-bond donors (Lipinski definition) is 3. The first-order chi connectivity index (χ1) is 9.62. The van der Waals surface area contributed by atoms with Crippen LogP contribution in [0.3, 0.4) is 0 Å². The molecule has 0 aromatic heterocycles. The van der Waals surface area contributed by atoms with Crippen LogP contribution in [0, 0.1) is 5.92 Å². The molecule has 0 aliphatic carbocycles. The highest BCUT2D eigenvalue weighted by molar-refractivity contribution is 5.97. The van der Waals surface area contributed by atoms with E-state index in [4.69, 9.17) is 10.5 Å². The van der Waals surface area contributed by atoms with Crippen molar-refractivity contribution in [1.29, 1.82) is 0 Å². The molecule has 1 aromatic rings. The summed E-state index contributed by atoms with van der Waals surface area (Å²) in [6, 6.07) is 4.60. The molecule has 1 aromatic carbocycles. The van der Waals surface area contributed by atoms with E-state index in [1.165, 1.54) is 19.2 Å². The predicted octanol–water partition coefficient (Wildman–Crippen LogP) is 1.90. The molecule has 0 bridgehead atoms. The summed E-state index contributed by atoms with van der Waals surface area (Å²) in [6.07, 6.45) is 2.98. The first kappa shape index (κ1) is 16.3. The molecule has 0 saturated heterocycles. The lowest BCUT2D eigenvalue weighted by atomic mass is 9.99. The number of nitrogens with two attached hydrogens (primary N) is 1. The quantitative estimate of drug-likeness (QED) is 0.679. The minimum absolute atomic E-state index is 0.0471. The normalized spacial score (nSPS) is 11.9. The molecule has 0 heterocycles. The SMILES string of the molecule is CCCC(CCN)CNC(=O)c1cc(OC)ccc1O. The van der Waals surface area contributed by atoms with Gasteiger partial charge in [0.25, 0.3) is 5.91 Å². The van der Waals surface area contributed by atoms with Crippen molar-refractivity contribution in [2.24, 2.45) is 11.7 Å². The summed E-state index contributed by atoms with van der Waals surface area (Å²) in [6.45, 7) is 3.30. The van der Waals surface area contributed by atoms with Gasteiger partial charge in [0.2, 0.25) is 0 Å². The number of ether oxygens (including phenoxy) is 1. The smallest absolute Gasteiger partial charge is 0.255 e. The molecule has 1 amide bonds. The second kappa shape index (κ2) is 8.43. The third-order valence-electron chi connectivity index (χ3n) is 3.27. The number of hydrogen-bond acceptors (Lipinski definition) is 4. The fraction of sp³-hybridized carbons (Fsp3) is 0.533. The molecule has 4 N–H and O–H groups in total. The molecule has 5 nitrogen and oxygen atoms in total. The molecule has 1 unspecified atom stereocenters. The number of methoxy groups -OCH3 is 1. The Morgan fingerprint density at radius 2 is 2.20 bits per heavy atom. The zero-order valence-electron chi connectivity index (χ0n) is 12.2. The summed E-state index contributed by atoms with van der Waals surface area (Å²) in [5.41, 5.74) is 5.80. The van der Waals surface area contributed by atoms with E-state index < -0.39 is 0 Å². The van der Waals surface area contributed by atoms with E-state index in [0.717, 1.165) is 19.3 Å². The fourth-order valence-electron chi connectivity index (χ4n) is 2.15. The zero-order valence-corrected chi connectivity index (χ0v) is 12.2. The molecule has 0 fully saturated rings. The van der Waals surface area contributed by atoms with Crippen LogP contribution in [0.15, 0.2) is 18.2 Å². The van der Waals surface area contributed by atoms with Gasteiger partial charge in [-0.2, -0.15) is 0 Å². The summed E-state index contributed by atoms with van der Waals surface area (Å²) >= 11 is 0. The Morgan fingerprint density at radius 3 is 2.80 bits per heavy atom. The maximum atomic E-state index is 12.1. The van der Waals surface area contributed by atoms with Crippen LogP contribution in [0.1, 0.15) is 36.5 Å². The molecular weight excluding hydrogens is 256 g/mol. The summed E-state index contributed by atoms with van der Waals surface area (Å²) < 4.78 is 5.06. The van der Waals surface area contributed by atoms with E-state index in [-0.39, 0.29) is 17.2 Å². The average molecular weight is 280 g/mol. The van der Waals surface area contributed by atoms with Gasteiger partial charge in [-0.3, -0.25) is 4.79 Å². The lowest BCUT2D eigenvalue weighted by Gasteiger charge is -2.16. The van der Waals surface area contributed by atoms with Gasteiger partial charge in [0.05, 0.1) is 12.7 Å². The number of aromatic hydroxyl groups is 1. The van der Waals surface area contributed by atoms with Crippen molar-refractivity contribution in [2.75, 3.05) is 20.2 Å². The van der Waals surface area contributed by atoms with Crippen LogP contribution in [0.25, 0.3) is 0 Å². The minimum Gasteiger partial charge on any atom is -0.507 e. The number of carbonyl (C=O) groups excluding carboxylic acids is 1. The van der Waals surface area contributed by atoms with Crippen molar-refractivity contribution in [3.63, 3.8) is 0 Å². The van der Waals surface area contributed by atoms with Gasteiger partial charge in [-0.15, -0.1) is 0 Å². The summed E-state index contributed by atoms with van der Waals surface area (Å²) in [4.78, 5) is 12.1. The highest BCUT2D eigenvalue weighted by Gasteiger charge is 2.14. The topological polar surface area (TPSA) is 84.6 Å². The van der Waals surface area contributed by atoms with E-state index in [1.54, 1.807) is 6.07 Å². The molecule has 0 aliphatic rings. The number of benzene rings is 1. The Hall–Kier alpha value is -1.75. The summed E-state index contributed by atoms with van der Waals surface area (Å²) in [5.74, 6) is 0.579. The first-order valence-electron chi connectivity index (χ1n) is 6.97. The van der Waals surface area contributed by atoms with Gasteiger partial charge in [0, 0.05) is 6.54 Å². The van der Waals surface area contributed by atoms with E-state index >= 15 is 0 Å². The molecule has 0 saturated carbocycles. The molecule has 20 heavy (non-hydrogen) atoms. The molecule has 1 atom stereocenters. The van der Waals surface area contributed by atoms with Crippen molar-refractivity contribution in [3.8, 4) is 11.5 Å². The van der Waals surface area contributed by atoms with Gasteiger partial charge in [-0.1, -0.05) is 13.3 Å². The van der Waals surface area contributed by atoms with Crippen LogP contribution < -0.4 is 15.8 Å². The Balaban J connectivity index is 2.65. The molecular formula is C15H24N2O3. The number of carbonyl (C=O) groups is 1. The van der Waals surface area contributed by atoms with Crippen molar-refractivity contribution >= 4 is 5.91 Å². The monoisotopic (exact) mass is 280 g/mol. The van der Waals surface area contributed by atoms with Crippen LogP contribution >= 0.6 is 0 Å². The van der Waals surface area contributed by atoms with E-state index in [1.807, 2.05) is 0 Å². The molecule has 0 aliphatic heterocycles. The van der Waals surface area contributed by atoms with Crippen LogP contribution in [0.5, 0.6) is 11.5 Å². The van der Waals surface area contributed by atoms with Crippen molar-refractivity contribution in [1.82, 2.24) is 5.32 Å². The maximum Gasteiger partial charge on any atom is 0.255 e. The van der Waals surface area contributed by atoms with Crippen LogP contribution in [0.4, 0.5) is 0 Å². The molecule has 0 spiro atoms. The fourth-order valence-corrected chi connectivity index (χ4v) is 2.15. The molecule has 0 radical (unpaired) electrons. The Bertz CT molecular complexity index is 429. The predicted molar refractivity (Wildman–Crippen MR) is 79.1 cm³/mol. The second-order valence-electron chi connectivity index (χ2n) is 4.83. The Morgan fingerprint density at radius 1 is 1.45 bits per heavy atom. The lowest BCUT2D eigenvalue weighted by molar-refractivity contribution is 0.0942. The second-order valence-corrected chi connectivity index (χ2v) is 4.83. The molecule has 5 heteroatoms. The number of phenols is 1. The number of phenolic OH excluding ortho intramolecular Hbond substituents is 1. The van der Waals surface area contributed by atoms with Gasteiger partial charge in [0.15, 0.2) is 0 Å². The van der Waals surface area contributed by atoms with Gasteiger partial charge < -0.3 is 20.9 Å². The average Bonchev–Trinajstić information content (AvgIpc) is 2.45. The highest BCUT2D eigenvalue weighted by atomic mass is 16.5. The van der Waals surface area contributed by atoms with Crippen LogP contribution in [-0.2, 0) is 0 Å². The van der Waals surface area contributed by atoms with Gasteiger partial charge in [0.1, 0.15) is 11.5 Å². The third kappa shape index (κ3) is 4.74. The largest absolute Gasteiger partial charge is 0.507 e. The number of rotatable bonds is 8. The van der Waals surface area contributed by atoms with E-state index in [9.17, 15) is 9.90 Å². The summed E-state index contributed by atoms with van der Waals surface area (Å²) in [5, 5.41) is 12.6. The van der Waals surface area contributed by atoms with Gasteiger partial charge in [-0.25, -0.2) is 0 Å². The third-order valence-corrected chi connectivity index (χ3v) is 3.27. The number of amides is 1. The molecule has 1 rings (SSSR count). The van der Waals surface area contributed by atoms with Crippen LogP contribution in [-0.4, -0.2) is 31.2 Å². The first-order valence-corrected chi connectivity index (χ1v) is 6.97. The summed E-state index contributed by atoms with van der Waals surface area (Å²) in [7, 11) is 1.52. The minimum atomic E-state index is -0.292. The highest BCUT2D eigenvalue weighted by Crippen LogP contribution is 2.22. The standard InChI is InChI=1S/C15H24N2O3/c1-3-4-11(7-8-16)10-17-15(19)13-9-12(20-2)5-6-14(13)18/h5-6,9,11,18H,3-4,7-8,10,16H2,1-2H3,(H,17,19). The van der Waals surface area contributed by atoms with E-state index in [0.29, 0.717) is 24.8 Å². The van der Waals surface area contributed by atoms with Crippen molar-refractivity contribution < 1.29 is 14.6 Å². The Labute approximate surface area is 120 Å². The van der Waals surface area contributed by atoms with Crippen molar-refractivity contribution in [2.45, 2.75) is 26.2 Å². The maximum absolute atomic E-state index is 12.1. The van der Waals surface area contributed by atoms with Gasteiger partial charge in [-0.05, 0) is 43.5 Å². The van der Waals surface area contributed by atoms with Crippen molar-refractivity contribution in [3.05, 3.63) is 23.8 Å². The van der Waals surface area contributed by atoms with Gasteiger partial charge >= 0.3 is 0 Å². The molecule has 112 valence electrons. The zero-order chi connectivity index (χ0) is 15.0. The van der Waals surface area contributed by atoms with Crippen LogP contribution in [0.2, 0.25) is 0 Å². The lowest BCUT2D eigenvalue weighted by Crippen LogP contribution is -2.30. The Kier molecular flexibility index (Phi) is 6.87.